The van der Waals surface area contributed by atoms with Gasteiger partial charge in [0.15, 0.2) is 12.8 Å². The van der Waals surface area contributed by atoms with Gasteiger partial charge < -0.3 is 29.7 Å². The van der Waals surface area contributed by atoms with Crippen LogP contribution in [0, 0.1) is 52.3 Å². The fraction of sp³-hybridized carbons (Fsp3) is 0.778. The van der Waals surface area contributed by atoms with Crippen LogP contribution in [-0.4, -0.2) is 94.1 Å². The quantitative estimate of drug-likeness (QED) is 0.278. The van der Waals surface area contributed by atoms with Gasteiger partial charge in [-0.15, -0.1) is 0 Å². The van der Waals surface area contributed by atoms with Gasteiger partial charge in [0.05, 0.1) is 29.2 Å². The van der Waals surface area contributed by atoms with E-state index in [0.717, 1.165) is 82.6 Å². The summed E-state index contributed by atoms with van der Waals surface area (Å²) in [5, 5.41) is 37.5. The number of esters is 2. The molecule has 5 bridgehead atoms. The van der Waals surface area contributed by atoms with Gasteiger partial charge in [-0.25, -0.2) is 9.59 Å². The Morgan fingerprint density at radius 2 is 1.83 bits per heavy atom. The Morgan fingerprint density at radius 1 is 1.02 bits per heavy atom. The van der Waals surface area contributed by atoms with Crippen molar-refractivity contribution in [3.8, 4) is 0 Å². The Morgan fingerprint density at radius 3 is 2.61 bits per heavy atom. The van der Waals surface area contributed by atoms with Crippen LogP contribution in [0.5, 0.6) is 0 Å². The van der Waals surface area contributed by atoms with Crippen molar-refractivity contribution in [2.24, 2.45) is 52.3 Å². The van der Waals surface area contributed by atoms with E-state index in [1.807, 2.05) is 0 Å². The summed E-state index contributed by atoms with van der Waals surface area (Å²) in [7, 11) is 2.17. The third-order valence-corrected chi connectivity index (χ3v) is 19.8. The number of aliphatic hydroxyl groups is 3. The summed E-state index contributed by atoms with van der Waals surface area (Å²) in [4.78, 5) is 28.8. The van der Waals surface area contributed by atoms with Crippen LogP contribution in [0.15, 0.2) is 35.9 Å². The van der Waals surface area contributed by atoms with E-state index in [4.69, 9.17) is 9.47 Å². The minimum absolute atomic E-state index is 0.0370. The molecule has 54 heavy (non-hydrogen) atoms. The molecule has 6 aliphatic heterocycles. The van der Waals surface area contributed by atoms with Gasteiger partial charge in [0.1, 0.15) is 18.8 Å². The summed E-state index contributed by atoms with van der Waals surface area (Å²) in [5.41, 5.74) is 2.28. The number of cyclic esters (lactones) is 1. The Kier molecular flexibility index (Phi) is 7.17. The monoisotopic (exact) mass is 741 g/mol. The molecule has 3 N–H and O–H groups in total. The maximum Gasteiger partial charge on any atom is 0.362 e. The van der Waals surface area contributed by atoms with Crippen LogP contribution in [0.4, 0.5) is 5.69 Å². The van der Waals surface area contributed by atoms with E-state index in [2.05, 4.69) is 57.0 Å². The highest BCUT2D eigenvalue weighted by Crippen LogP contribution is 2.73. The van der Waals surface area contributed by atoms with Gasteiger partial charge in [-0.05, 0) is 116 Å². The molecule has 0 radical (unpaired) electrons. The number of hydrogen-bond acceptors (Lipinski definition) is 8. The van der Waals surface area contributed by atoms with Crippen LogP contribution in [0.1, 0.15) is 103 Å². The number of rotatable bonds is 5. The average molecular weight is 742 g/mol. The number of carbonyl (C=O) groups is 2. The van der Waals surface area contributed by atoms with E-state index in [-0.39, 0.29) is 88.5 Å². The minimum atomic E-state index is -0.739. The molecule has 0 aromatic heterocycles. The van der Waals surface area contributed by atoms with E-state index in [0.29, 0.717) is 22.9 Å². The lowest BCUT2D eigenvalue weighted by Gasteiger charge is -2.67. The number of fused-ring (bicyclic) bond motifs is 7. The van der Waals surface area contributed by atoms with Crippen molar-refractivity contribution >= 4 is 17.6 Å². The van der Waals surface area contributed by atoms with E-state index < -0.39 is 17.9 Å². The molecule has 292 valence electrons. The SMILES string of the molecule is CC[C@@H]1[C@@H]2C[C@H]3[C@@H]4N(C)c5ccccc5[C@@]45C[C@@H]([C@@H]2[C@@H]5O)[N@+]3(CC(=O)O[C@@H]2CC[C@@]3(C)[C@H](CC[C@@H]4[C@@H]3CC[C@]3(C)[C@H](C5=CC(=O)OC5)CC[C@@]43O)C2)[C@@H]1O. The molecular formula is C45H61N2O7+. The first-order valence-electron chi connectivity index (χ1n) is 21.7. The Bertz CT molecular complexity index is 1830. The number of carbonyl (C=O) groups excluding carboxylic acids is 2. The molecule has 0 amide bonds. The highest BCUT2D eigenvalue weighted by Gasteiger charge is 2.83. The summed E-state index contributed by atoms with van der Waals surface area (Å²) in [5.74, 6) is 1.32. The zero-order valence-electron chi connectivity index (χ0n) is 32.7. The van der Waals surface area contributed by atoms with Crippen LogP contribution in [0.3, 0.4) is 0 Å². The van der Waals surface area contributed by atoms with Crippen molar-refractivity contribution in [2.45, 2.75) is 145 Å². The lowest BCUT2D eigenvalue weighted by atomic mass is 9.43. The number of hydrogen-bond donors (Lipinski definition) is 3. The molecule has 11 aliphatic rings. The molecule has 6 heterocycles. The second-order valence-corrected chi connectivity index (χ2v) is 20.7. The van der Waals surface area contributed by atoms with Gasteiger partial charge in [-0.3, -0.25) is 4.48 Å². The Balaban J connectivity index is 0.829. The zero-order chi connectivity index (χ0) is 37.3. The lowest BCUT2D eigenvalue weighted by Crippen LogP contribution is -2.83. The van der Waals surface area contributed by atoms with Crippen molar-refractivity contribution in [1.82, 2.24) is 0 Å². The topological polar surface area (TPSA) is 117 Å². The minimum Gasteiger partial charge on any atom is -0.458 e. The molecule has 9 fully saturated rings. The molecular weight excluding hydrogens is 681 g/mol. The first-order chi connectivity index (χ1) is 25.8. The maximum absolute atomic E-state index is 14.5. The van der Waals surface area contributed by atoms with Gasteiger partial charge in [-0.2, -0.15) is 0 Å². The zero-order valence-corrected chi connectivity index (χ0v) is 32.7. The number of benzene rings is 1. The molecule has 18 atom stereocenters. The molecule has 9 nitrogen and oxygen atoms in total. The van der Waals surface area contributed by atoms with Crippen molar-refractivity contribution in [3.63, 3.8) is 0 Å². The number of aliphatic hydroxyl groups excluding tert-OH is 2. The van der Waals surface area contributed by atoms with Gasteiger partial charge in [0.2, 0.25) is 0 Å². The van der Waals surface area contributed by atoms with Gasteiger partial charge in [-0.1, -0.05) is 39.0 Å². The van der Waals surface area contributed by atoms with Crippen molar-refractivity contribution in [3.05, 3.63) is 41.5 Å². The highest BCUT2D eigenvalue weighted by molar-refractivity contribution is 5.85. The third-order valence-electron chi connectivity index (χ3n) is 19.8. The molecule has 9 heteroatoms. The molecule has 0 unspecified atom stereocenters. The largest absolute Gasteiger partial charge is 0.458 e. The number of anilines is 1. The fourth-order valence-corrected chi connectivity index (χ4v) is 17.6. The first kappa shape index (κ1) is 34.8. The van der Waals surface area contributed by atoms with Crippen LogP contribution in [0.25, 0.3) is 0 Å². The van der Waals surface area contributed by atoms with Crippen LogP contribution in [-0.2, 0) is 24.5 Å². The normalized spacial score (nSPS) is 54.4. The maximum atomic E-state index is 14.5. The predicted octanol–water partition coefficient (Wildman–Crippen LogP) is 5.24. The standard InChI is InChI=1S/C45H61N2O7/c1-5-27-28-20-34-39-44(32-8-6-7-9-33(32)46(39)4)21-35(38(28)40(44)50)47(34,41(27)51)22-37(49)54-26-12-15-42(2)25(19-26)10-11-31-30(42)13-16-43(3)29(14-17-45(31,43)52)24-18-36(48)53-23-24/h6-9,18,25-31,34-35,38-41,50-52H,5,10-17,19-23H2,1-4H3/q+1/t25-,26-,27-,28+,29+,30+,31-,34+,35+,38-,39+,40+,41-,42+,43-,44+,45-,47-/m1/s1. The van der Waals surface area contributed by atoms with E-state index >= 15 is 0 Å². The van der Waals surface area contributed by atoms with E-state index in [9.17, 15) is 24.9 Å². The molecule has 4 saturated heterocycles. The molecule has 1 spiro atoms. The van der Waals surface area contributed by atoms with Gasteiger partial charge in [0.25, 0.3) is 0 Å². The van der Waals surface area contributed by atoms with E-state index in [1.165, 1.54) is 11.3 Å². The summed E-state index contributed by atoms with van der Waals surface area (Å²) >= 11 is 0. The van der Waals surface area contributed by atoms with Crippen molar-refractivity contribution < 1.29 is 38.9 Å². The number of quaternary nitrogens is 1. The third kappa shape index (κ3) is 3.88. The second-order valence-electron chi connectivity index (χ2n) is 20.7. The van der Waals surface area contributed by atoms with Gasteiger partial charge in [0, 0.05) is 48.9 Å². The Hall–Kier alpha value is -2.46. The fourth-order valence-electron chi connectivity index (χ4n) is 17.6. The first-order valence-corrected chi connectivity index (χ1v) is 21.7. The van der Waals surface area contributed by atoms with Crippen molar-refractivity contribution in [1.29, 1.82) is 0 Å². The van der Waals surface area contributed by atoms with Crippen LogP contribution < -0.4 is 4.90 Å². The number of likely N-dealkylation sites (N-methyl/N-ethyl adjacent to an activating group) is 1. The number of nitrogens with zero attached hydrogens (tertiary/aromatic N) is 2. The van der Waals surface area contributed by atoms with Gasteiger partial charge >= 0.3 is 11.9 Å². The molecule has 5 aliphatic carbocycles. The lowest BCUT2D eigenvalue weighted by molar-refractivity contribution is -1.03. The molecule has 1 aromatic carbocycles. The highest BCUT2D eigenvalue weighted by atomic mass is 16.5. The Labute approximate surface area is 320 Å². The second kappa shape index (κ2) is 11.1. The average Bonchev–Trinajstić information content (AvgIpc) is 3.83. The predicted molar refractivity (Wildman–Crippen MR) is 201 cm³/mol. The number of para-hydroxylation sites is 1. The smallest absolute Gasteiger partial charge is 0.362 e. The summed E-state index contributed by atoms with van der Waals surface area (Å²) in [6.07, 6.45) is 11.5. The van der Waals surface area contributed by atoms with Crippen LogP contribution in [0.2, 0.25) is 0 Å². The molecule has 1 aromatic rings. The summed E-state index contributed by atoms with van der Waals surface area (Å²) in [6, 6.07) is 8.74. The molecule has 5 saturated carbocycles. The number of piperidine rings is 4. The van der Waals surface area contributed by atoms with Crippen molar-refractivity contribution in [2.75, 3.05) is 25.1 Å². The molecule has 12 rings (SSSR count). The summed E-state index contributed by atoms with van der Waals surface area (Å²) in [6.45, 7) is 7.48. The summed E-state index contributed by atoms with van der Waals surface area (Å²) < 4.78 is 12.3. The van der Waals surface area contributed by atoms with E-state index in [1.54, 1.807) is 6.08 Å². The number of ether oxygens (including phenoxy) is 2. The van der Waals surface area contributed by atoms with Crippen LogP contribution >= 0.6 is 0 Å².